The van der Waals surface area contributed by atoms with Crippen LogP contribution in [0.1, 0.15) is 51.4 Å². The van der Waals surface area contributed by atoms with Crippen LogP contribution in [0.2, 0.25) is 0 Å². The van der Waals surface area contributed by atoms with E-state index in [1.807, 2.05) is 39.8 Å². The molecule has 0 radical (unpaired) electrons. The van der Waals surface area contributed by atoms with Gasteiger partial charge in [-0.3, -0.25) is 4.90 Å². The van der Waals surface area contributed by atoms with Crippen molar-refractivity contribution >= 4 is 23.6 Å². The topological polar surface area (TPSA) is 133 Å². The fourth-order valence-electron chi connectivity index (χ4n) is 4.58. The van der Waals surface area contributed by atoms with Crippen molar-refractivity contribution in [1.82, 2.24) is 20.2 Å². The highest BCUT2D eigenvalue weighted by Gasteiger charge is 2.37. The number of rotatable bonds is 5. The van der Waals surface area contributed by atoms with Crippen LogP contribution in [-0.2, 0) is 15.9 Å². The first-order chi connectivity index (χ1) is 18.2. The molecule has 0 saturated carbocycles. The van der Waals surface area contributed by atoms with E-state index in [9.17, 15) is 14.9 Å². The maximum Gasteiger partial charge on any atom is 0.410 e. The normalized spacial score (nSPS) is 17.3. The number of benzene rings is 1. The van der Waals surface area contributed by atoms with Gasteiger partial charge in [0, 0.05) is 43.0 Å². The van der Waals surface area contributed by atoms with Gasteiger partial charge < -0.3 is 25.0 Å². The molecule has 1 saturated heterocycles. The zero-order valence-corrected chi connectivity index (χ0v) is 22.4. The number of nitrogens with one attached hydrogen (secondary N) is 2. The Morgan fingerprint density at radius 1 is 1.16 bits per heavy atom. The molecule has 0 unspecified atom stereocenters. The molecule has 0 aliphatic carbocycles. The van der Waals surface area contributed by atoms with Crippen molar-refractivity contribution in [3.63, 3.8) is 0 Å². The molecule has 11 heteroatoms. The average Bonchev–Trinajstić information content (AvgIpc) is 2.88. The largest absolute Gasteiger partial charge is 0.444 e. The lowest BCUT2D eigenvalue weighted by atomic mass is 9.95. The monoisotopic (exact) mass is 521 g/mol. The molecule has 38 heavy (non-hydrogen) atoms. The average molecular weight is 522 g/mol. The minimum absolute atomic E-state index is 0.0840. The second-order valence-corrected chi connectivity index (χ2v) is 10.2. The summed E-state index contributed by atoms with van der Waals surface area (Å²) in [7, 11) is 0. The molecule has 2 N–H and O–H groups in total. The number of nitriles is 1. The molecular weight excluding hydrogens is 486 g/mol. The minimum atomic E-state index is -0.659. The van der Waals surface area contributed by atoms with E-state index in [1.165, 1.54) is 0 Å². The number of morpholine rings is 1. The Kier molecular flexibility index (Phi) is 8.32. The summed E-state index contributed by atoms with van der Waals surface area (Å²) in [6.07, 6.45) is 0.178. The third-order valence-electron chi connectivity index (χ3n) is 6.27. The van der Waals surface area contributed by atoms with Crippen LogP contribution in [0.3, 0.4) is 0 Å². The number of urea groups is 1. The summed E-state index contributed by atoms with van der Waals surface area (Å²) in [5, 5.41) is 15.2. The van der Waals surface area contributed by atoms with E-state index >= 15 is 0 Å². The smallest absolute Gasteiger partial charge is 0.410 e. The molecule has 202 valence electrons. The Morgan fingerprint density at radius 2 is 1.87 bits per heavy atom. The maximum absolute atomic E-state index is 13.1. The van der Waals surface area contributed by atoms with E-state index in [4.69, 9.17) is 19.4 Å². The summed E-state index contributed by atoms with van der Waals surface area (Å²) in [6.45, 7) is 10.8. The third-order valence-corrected chi connectivity index (χ3v) is 6.27. The Morgan fingerprint density at radius 3 is 2.50 bits per heavy atom. The number of carbonyl (C=O) groups excluding carboxylic acids is 2. The predicted molar refractivity (Wildman–Crippen MR) is 143 cm³/mol. The lowest BCUT2D eigenvalue weighted by Gasteiger charge is -2.38. The van der Waals surface area contributed by atoms with Gasteiger partial charge in [-0.1, -0.05) is 0 Å². The van der Waals surface area contributed by atoms with Crippen LogP contribution in [-0.4, -0.2) is 72.0 Å². The molecule has 4 rings (SSSR count). The first kappa shape index (κ1) is 27.1. The lowest BCUT2D eigenvalue weighted by Crippen LogP contribution is -2.45. The van der Waals surface area contributed by atoms with Crippen LogP contribution < -0.4 is 15.5 Å². The van der Waals surface area contributed by atoms with Gasteiger partial charge in [0.15, 0.2) is 5.82 Å². The van der Waals surface area contributed by atoms with Gasteiger partial charge in [-0.15, -0.1) is 0 Å². The van der Waals surface area contributed by atoms with E-state index in [-0.39, 0.29) is 12.5 Å². The summed E-state index contributed by atoms with van der Waals surface area (Å²) in [5.41, 5.74) is 2.36. The van der Waals surface area contributed by atoms with Gasteiger partial charge in [0.05, 0.1) is 37.4 Å². The Hall–Kier alpha value is -3.91. The van der Waals surface area contributed by atoms with Crippen LogP contribution in [0.25, 0.3) is 11.4 Å². The SMILES string of the molecule is CCNC(=O)Nc1ccc(-c2nc3c(c(N4CCOCC4)n2)CCN(C(=O)OC(C)(C)C)[C@@H]3CC#N)cc1. The lowest BCUT2D eigenvalue weighted by molar-refractivity contribution is 0.0140. The molecule has 1 fully saturated rings. The van der Waals surface area contributed by atoms with Gasteiger partial charge in [0.2, 0.25) is 0 Å². The highest BCUT2D eigenvalue weighted by Crippen LogP contribution is 2.38. The molecule has 3 heterocycles. The Bertz CT molecular complexity index is 1200. The van der Waals surface area contributed by atoms with E-state index in [0.717, 1.165) is 16.9 Å². The number of amides is 3. The van der Waals surface area contributed by atoms with Crippen LogP contribution in [0, 0.1) is 11.3 Å². The quantitative estimate of drug-likeness (QED) is 0.606. The molecule has 1 aromatic heterocycles. The van der Waals surface area contributed by atoms with Crippen molar-refractivity contribution in [2.45, 2.75) is 52.2 Å². The zero-order chi connectivity index (χ0) is 27.3. The van der Waals surface area contributed by atoms with Gasteiger partial charge in [-0.25, -0.2) is 19.6 Å². The number of nitrogens with zero attached hydrogens (tertiary/aromatic N) is 5. The number of fused-ring (bicyclic) bond motifs is 1. The standard InChI is InChI=1S/C27H35N7O4/c1-5-29-25(35)30-19-8-6-18(7-9-19)23-31-22-20(24(32-23)33-14-16-37-17-15-33)11-13-34(21(22)10-12-28)26(36)38-27(2,3)4/h6-9,21H,5,10-11,13-17H2,1-4H3,(H2,29,30,35)/t21-/m1/s1. The number of carbonyl (C=O) groups is 2. The Labute approximate surface area is 223 Å². The van der Waals surface area contributed by atoms with E-state index in [2.05, 4.69) is 21.6 Å². The molecule has 0 bridgehead atoms. The Balaban J connectivity index is 1.75. The predicted octanol–water partition coefficient (Wildman–Crippen LogP) is 3.87. The van der Waals surface area contributed by atoms with Gasteiger partial charge in [-0.05, 0) is 58.4 Å². The number of hydrogen-bond donors (Lipinski definition) is 2. The highest BCUT2D eigenvalue weighted by molar-refractivity contribution is 5.89. The van der Waals surface area contributed by atoms with Crippen molar-refractivity contribution < 1.29 is 19.1 Å². The fourth-order valence-corrected chi connectivity index (χ4v) is 4.58. The van der Waals surface area contributed by atoms with Crippen molar-refractivity contribution in [3.8, 4) is 17.5 Å². The zero-order valence-electron chi connectivity index (χ0n) is 22.4. The molecule has 2 aliphatic heterocycles. The molecule has 11 nitrogen and oxygen atoms in total. The molecule has 2 aromatic rings. The summed E-state index contributed by atoms with van der Waals surface area (Å²) in [4.78, 5) is 38.7. The molecule has 1 aromatic carbocycles. The van der Waals surface area contributed by atoms with Gasteiger partial charge in [0.25, 0.3) is 0 Å². The van der Waals surface area contributed by atoms with Gasteiger partial charge in [0.1, 0.15) is 11.4 Å². The first-order valence-electron chi connectivity index (χ1n) is 13.0. The third kappa shape index (κ3) is 6.31. The first-order valence-corrected chi connectivity index (χ1v) is 13.0. The van der Waals surface area contributed by atoms with Crippen LogP contribution in [0.5, 0.6) is 0 Å². The van der Waals surface area contributed by atoms with Crippen molar-refractivity contribution in [2.24, 2.45) is 0 Å². The van der Waals surface area contributed by atoms with Crippen molar-refractivity contribution in [3.05, 3.63) is 35.5 Å². The minimum Gasteiger partial charge on any atom is -0.444 e. The summed E-state index contributed by atoms with van der Waals surface area (Å²) >= 11 is 0. The van der Waals surface area contributed by atoms with E-state index < -0.39 is 17.7 Å². The highest BCUT2D eigenvalue weighted by atomic mass is 16.6. The second-order valence-electron chi connectivity index (χ2n) is 10.2. The summed E-state index contributed by atoms with van der Waals surface area (Å²) in [6, 6.07) is 8.68. The molecular formula is C27H35N7O4. The molecule has 2 aliphatic rings. The van der Waals surface area contributed by atoms with Crippen LogP contribution in [0.4, 0.5) is 21.1 Å². The number of aromatic nitrogens is 2. The number of ether oxygens (including phenoxy) is 2. The number of anilines is 2. The van der Waals surface area contributed by atoms with Crippen LogP contribution >= 0.6 is 0 Å². The fraction of sp³-hybridized carbons (Fsp3) is 0.519. The molecule has 3 amide bonds. The van der Waals surface area contributed by atoms with Gasteiger partial charge in [-0.2, -0.15) is 5.26 Å². The molecule has 1 atom stereocenters. The second kappa shape index (κ2) is 11.6. The van der Waals surface area contributed by atoms with E-state index in [0.29, 0.717) is 63.0 Å². The van der Waals surface area contributed by atoms with Gasteiger partial charge >= 0.3 is 12.1 Å². The van der Waals surface area contributed by atoms with Crippen LogP contribution in [0.15, 0.2) is 24.3 Å². The van der Waals surface area contributed by atoms with Crippen molar-refractivity contribution in [1.29, 1.82) is 5.26 Å². The molecule has 0 spiro atoms. The summed E-state index contributed by atoms with van der Waals surface area (Å²) < 4.78 is 11.2. The maximum atomic E-state index is 13.1. The van der Waals surface area contributed by atoms with Crippen molar-refractivity contribution in [2.75, 3.05) is 49.6 Å². The summed E-state index contributed by atoms with van der Waals surface area (Å²) in [5.74, 6) is 1.30. The number of hydrogen-bond acceptors (Lipinski definition) is 8. The van der Waals surface area contributed by atoms with E-state index in [1.54, 1.807) is 17.0 Å².